The molecule has 0 aliphatic carbocycles. The standard InChI is InChI=1S/C13H26N4O3S/c1-10(2)9-17(6-7-20-5)21(18,19)13-12(8-14-4)11(3)15-16-13/h10,14H,6-9H2,1-5H3,(H,15,16). The van der Waals surface area contributed by atoms with E-state index in [1.807, 2.05) is 20.8 Å². The van der Waals surface area contributed by atoms with Gasteiger partial charge in [0.05, 0.1) is 6.61 Å². The highest BCUT2D eigenvalue weighted by molar-refractivity contribution is 7.89. The van der Waals surface area contributed by atoms with E-state index in [2.05, 4.69) is 15.5 Å². The lowest BCUT2D eigenvalue weighted by atomic mass is 10.2. The van der Waals surface area contributed by atoms with E-state index < -0.39 is 10.0 Å². The molecule has 0 fully saturated rings. The van der Waals surface area contributed by atoms with E-state index >= 15 is 0 Å². The molecular formula is C13H26N4O3S. The highest BCUT2D eigenvalue weighted by atomic mass is 32.2. The lowest BCUT2D eigenvalue weighted by molar-refractivity contribution is 0.175. The molecule has 0 radical (unpaired) electrons. The summed E-state index contributed by atoms with van der Waals surface area (Å²) in [5.41, 5.74) is 1.45. The van der Waals surface area contributed by atoms with Crippen LogP contribution in [0, 0.1) is 12.8 Å². The largest absolute Gasteiger partial charge is 0.383 e. The molecule has 122 valence electrons. The van der Waals surface area contributed by atoms with E-state index in [1.54, 1.807) is 14.2 Å². The summed E-state index contributed by atoms with van der Waals surface area (Å²) >= 11 is 0. The SMILES string of the molecule is CNCc1c(S(=O)(=O)N(CCOC)CC(C)C)n[nH]c1C. The molecule has 0 saturated carbocycles. The first-order valence-corrected chi connectivity index (χ1v) is 8.46. The molecule has 7 nitrogen and oxygen atoms in total. The molecule has 1 aromatic rings. The monoisotopic (exact) mass is 318 g/mol. The fraction of sp³-hybridized carbons (Fsp3) is 0.769. The van der Waals surface area contributed by atoms with E-state index in [0.717, 1.165) is 5.69 Å². The zero-order valence-electron chi connectivity index (χ0n) is 13.4. The Balaban J connectivity index is 3.15. The van der Waals surface area contributed by atoms with Crippen molar-refractivity contribution in [1.82, 2.24) is 19.8 Å². The fourth-order valence-corrected chi connectivity index (χ4v) is 3.81. The van der Waals surface area contributed by atoms with E-state index in [1.165, 1.54) is 4.31 Å². The molecule has 2 N–H and O–H groups in total. The van der Waals surface area contributed by atoms with Crippen LogP contribution >= 0.6 is 0 Å². The molecule has 0 amide bonds. The first-order valence-electron chi connectivity index (χ1n) is 7.02. The smallest absolute Gasteiger partial charge is 0.262 e. The second-order valence-electron chi connectivity index (χ2n) is 5.41. The van der Waals surface area contributed by atoms with Crippen molar-refractivity contribution in [2.75, 3.05) is 33.9 Å². The second-order valence-corrected chi connectivity index (χ2v) is 7.27. The van der Waals surface area contributed by atoms with Gasteiger partial charge in [0.2, 0.25) is 0 Å². The van der Waals surface area contributed by atoms with Gasteiger partial charge in [-0.05, 0) is 19.9 Å². The zero-order chi connectivity index (χ0) is 16.0. The molecule has 21 heavy (non-hydrogen) atoms. The molecule has 0 aliphatic rings. The summed E-state index contributed by atoms with van der Waals surface area (Å²) in [6.45, 7) is 7.37. The first-order chi connectivity index (χ1) is 9.84. The average Bonchev–Trinajstić information content (AvgIpc) is 2.77. The lowest BCUT2D eigenvalue weighted by Gasteiger charge is -2.23. The second kappa shape index (κ2) is 7.88. The van der Waals surface area contributed by atoms with Crippen molar-refractivity contribution in [2.24, 2.45) is 5.92 Å². The third-order valence-electron chi connectivity index (χ3n) is 3.09. The Morgan fingerprint density at radius 3 is 2.62 bits per heavy atom. The predicted octanol–water partition coefficient (Wildman–Crippen LogP) is 0.731. The van der Waals surface area contributed by atoms with Crippen molar-refractivity contribution in [2.45, 2.75) is 32.3 Å². The summed E-state index contributed by atoms with van der Waals surface area (Å²) in [4.78, 5) is 0. The number of ether oxygens (including phenoxy) is 1. The van der Waals surface area contributed by atoms with Crippen molar-refractivity contribution in [3.05, 3.63) is 11.3 Å². The molecule has 1 rings (SSSR count). The van der Waals surface area contributed by atoms with Gasteiger partial charge in [0.15, 0.2) is 5.03 Å². The topological polar surface area (TPSA) is 87.3 Å². The van der Waals surface area contributed by atoms with Gasteiger partial charge in [-0.1, -0.05) is 13.8 Å². The normalized spacial score (nSPS) is 12.5. The first kappa shape index (κ1) is 18.1. The summed E-state index contributed by atoms with van der Waals surface area (Å²) in [5.74, 6) is 0.226. The molecule has 0 bridgehead atoms. The van der Waals surface area contributed by atoms with Crippen LogP contribution in [0.3, 0.4) is 0 Å². The number of hydrogen-bond donors (Lipinski definition) is 2. The van der Waals surface area contributed by atoms with Crippen molar-refractivity contribution >= 4 is 10.0 Å². The molecule has 0 saturated heterocycles. The Morgan fingerprint density at radius 2 is 2.10 bits per heavy atom. The Morgan fingerprint density at radius 1 is 1.43 bits per heavy atom. The summed E-state index contributed by atoms with van der Waals surface area (Å²) < 4.78 is 32.1. The van der Waals surface area contributed by atoms with E-state index in [4.69, 9.17) is 4.74 Å². The van der Waals surface area contributed by atoms with E-state index in [9.17, 15) is 8.42 Å². The highest BCUT2D eigenvalue weighted by Crippen LogP contribution is 2.21. The quantitative estimate of drug-likeness (QED) is 0.701. The molecular weight excluding hydrogens is 292 g/mol. The third kappa shape index (κ3) is 4.50. The minimum atomic E-state index is -3.63. The Hall–Kier alpha value is -0.960. The van der Waals surface area contributed by atoms with Crippen LogP contribution in [-0.4, -0.2) is 56.8 Å². The van der Waals surface area contributed by atoms with Gasteiger partial charge < -0.3 is 10.1 Å². The van der Waals surface area contributed by atoms with Gasteiger partial charge in [-0.3, -0.25) is 5.10 Å². The van der Waals surface area contributed by atoms with Crippen LogP contribution in [0.2, 0.25) is 0 Å². The number of rotatable bonds is 9. The van der Waals surface area contributed by atoms with Crippen LogP contribution in [0.25, 0.3) is 0 Å². The summed E-state index contributed by atoms with van der Waals surface area (Å²) in [6, 6.07) is 0. The van der Waals surface area contributed by atoms with Gasteiger partial charge >= 0.3 is 0 Å². The third-order valence-corrected chi connectivity index (χ3v) is 4.93. The van der Waals surface area contributed by atoms with Gasteiger partial charge in [-0.15, -0.1) is 0 Å². The van der Waals surface area contributed by atoms with Gasteiger partial charge in [0, 0.05) is 38.0 Å². The minimum Gasteiger partial charge on any atom is -0.383 e. The van der Waals surface area contributed by atoms with Crippen LogP contribution in [0.5, 0.6) is 0 Å². The van der Waals surface area contributed by atoms with Crippen LogP contribution in [0.15, 0.2) is 5.03 Å². The number of aryl methyl sites for hydroxylation is 1. The Bertz CT molecular complexity index is 540. The van der Waals surface area contributed by atoms with Crippen LogP contribution in [-0.2, 0) is 21.3 Å². The maximum Gasteiger partial charge on any atom is 0.262 e. The zero-order valence-corrected chi connectivity index (χ0v) is 14.2. The molecule has 1 heterocycles. The Labute approximate surface area is 127 Å². The van der Waals surface area contributed by atoms with Crippen molar-refractivity contribution < 1.29 is 13.2 Å². The summed E-state index contributed by atoms with van der Waals surface area (Å²) in [5, 5.41) is 9.85. The maximum absolute atomic E-state index is 12.8. The number of H-pyrrole nitrogens is 1. The number of methoxy groups -OCH3 is 1. The number of hydrogen-bond acceptors (Lipinski definition) is 5. The molecule has 0 aromatic carbocycles. The Kier molecular flexibility index (Phi) is 6.79. The molecule has 0 spiro atoms. The number of aromatic nitrogens is 2. The number of nitrogens with one attached hydrogen (secondary N) is 2. The lowest BCUT2D eigenvalue weighted by Crippen LogP contribution is -2.37. The number of sulfonamides is 1. The van der Waals surface area contributed by atoms with Crippen molar-refractivity contribution in [3.63, 3.8) is 0 Å². The maximum atomic E-state index is 12.8. The molecule has 0 unspecified atom stereocenters. The molecule has 8 heteroatoms. The van der Waals surface area contributed by atoms with Gasteiger partial charge in [0.25, 0.3) is 10.0 Å². The van der Waals surface area contributed by atoms with Crippen molar-refractivity contribution in [3.8, 4) is 0 Å². The van der Waals surface area contributed by atoms with E-state index in [0.29, 0.717) is 31.8 Å². The highest BCUT2D eigenvalue weighted by Gasteiger charge is 2.30. The molecule has 0 atom stereocenters. The fourth-order valence-electron chi connectivity index (χ4n) is 2.06. The number of aromatic amines is 1. The average molecular weight is 318 g/mol. The predicted molar refractivity (Wildman–Crippen MR) is 81.6 cm³/mol. The van der Waals surface area contributed by atoms with Gasteiger partial charge in [-0.2, -0.15) is 9.40 Å². The van der Waals surface area contributed by atoms with Gasteiger partial charge in [-0.25, -0.2) is 8.42 Å². The summed E-state index contributed by atoms with van der Waals surface area (Å²) in [6.07, 6.45) is 0. The summed E-state index contributed by atoms with van der Waals surface area (Å²) in [7, 11) is -0.291. The molecule has 0 aliphatic heterocycles. The van der Waals surface area contributed by atoms with E-state index in [-0.39, 0.29) is 10.9 Å². The van der Waals surface area contributed by atoms with Crippen LogP contribution < -0.4 is 5.32 Å². The number of nitrogens with zero attached hydrogens (tertiary/aromatic N) is 2. The minimum absolute atomic E-state index is 0.103. The van der Waals surface area contributed by atoms with Crippen LogP contribution in [0.4, 0.5) is 0 Å². The molecule has 1 aromatic heterocycles. The van der Waals surface area contributed by atoms with Crippen LogP contribution in [0.1, 0.15) is 25.1 Å². The van der Waals surface area contributed by atoms with Crippen molar-refractivity contribution in [1.29, 1.82) is 0 Å². The van der Waals surface area contributed by atoms with Gasteiger partial charge in [0.1, 0.15) is 0 Å².